The average molecular weight is 624 g/mol. The summed E-state index contributed by atoms with van der Waals surface area (Å²) in [5.41, 5.74) is 5.91. The summed E-state index contributed by atoms with van der Waals surface area (Å²) < 4.78 is 42.4. The number of ether oxygens (including phenoxy) is 2. The van der Waals surface area contributed by atoms with Crippen LogP contribution in [0.5, 0.6) is 5.75 Å². The monoisotopic (exact) mass is 623 g/mol. The molecule has 1 aromatic heterocycles. The first kappa shape index (κ1) is 33.8. The van der Waals surface area contributed by atoms with Gasteiger partial charge in [0.05, 0.1) is 12.2 Å². The van der Waals surface area contributed by atoms with E-state index in [4.69, 9.17) is 15.2 Å². The number of aryl methyl sites for hydroxylation is 1. The van der Waals surface area contributed by atoms with Crippen molar-refractivity contribution in [2.75, 3.05) is 18.9 Å². The van der Waals surface area contributed by atoms with Gasteiger partial charge in [0.15, 0.2) is 17.4 Å². The second-order valence-electron chi connectivity index (χ2n) is 12.1. The van der Waals surface area contributed by atoms with Gasteiger partial charge in [-0.15, -0.1) is 0 Å². The third-order valence-electron chi connectivity index (χ3n) is 7.96. The molecule has 0 radical (unpaired) electrons. The summed E-state index contributed by atoms with van der Waals surface area (Å²) in [4.78, 5) is 38.4. The quantitative estimate of drug-likeness (QED) is 0.116. The van der Waals surface area contributed by atoms with E-state index in [0.717, 1.165) is 62.3 Å². The summed E-state index contributed by atoms with van der Waals surface area (Å²) in [6.07, 6.45) is 7.00. The molecule has 242 valence electrons. The van der Waals surface area contributed by atoms with Gasteiger partial charge in [-0.3, -0.25) is 19.0 Å². The second kappa shape index (κ2) is 15.8. The van der Waals surface area contributed by atoms with Crippen molar-refractivity contribution in [3.8, 4) is 11.4 Å². The van der Waals surface area contributed by atoms with Crippen molar-refractivity contribution in [2.45, 2.75) is 84.3 Å². The van der Waals surface area contributed by atoms with E-state index in [1.54, 1.807) is 24.3 Å². The highest BCUT2D eigenvalue weighted by atomic mass is 19.1. The normalized spacial score (nSPS) is 14.1. The molecule has 2 aromatic carbocycles. The fraction of sp³-hybridized carbons (Fsp3) is 0.457. The highest BCUT2D eigenvalue weighted by Crippen LogP contribution is 2.27. The van der Waals surface area contributed by atoms with Crippen molar-refractivity contribution in [1.29, 1.82) is 0 Å². The minimum atomic E-state index is -1.05. The number of carbonyl (C=O) groups is 2. The molecule has 3 aromatic rings. The summed E-state index contributed by atoms with van der Waals surface area (Å²) in [6, 6.07) is 10.7. The minimum Gasteiger partial charge on any atom is -0.493 e. The second-order valence-corrected chi connectivity index (χ2v) is 12.1. The maximum absolute atomic E-state index is 15.2. The van der Waals surface area contributed by atoms with Crippen LogP contribution in [0.25, 0.3) is 5.69 Å². The van der Waals surface area contributed by atoms with E-state index in [-0.39, 0.29) is 41.9 Å². The molecule has 1 aliphatic carbocycles. The zero-order valence-electron chi connectivity index (χ0n) is 26.2. The largest absolute Gasteiger partial charge is 0.493 e. The number of unbranched alkanes of at least 4 members (excludes halogenated alkanes) is 2. The van der Waals surface area contributed by atoms with Gasteiger partial charge < -0.3 is 20.5 Å². The number of esters is 1. The summed E-state index contributed by atoms with van der Waals surface area (Å²) in [5, 5.41) is 3.33. The molecule has 45 heavy (non-hydrogen) atoms. The van der Waals surface area contributed by atoms with Gasteiger partial charge in [-0.1, -0.05) is 43.7 Å². The number of nitrogen functional groups attached to an aromatic ring is 1. The molecule has 0 bridgehead atoms. The summed E-state index contributed by atoms with van der Waals surface area (Å²) in [5.74, 6) is -2.81. The topological polar surface area (TPSA) is 113 Å². The lowest BCUT2D eigenvalue weighted by Gasteiger charge is -2.21. The number of carbonyl (C=O) groups excluding carboxylic acids is 2. The van der Waals surface area contributed by atoms with E-state index in [0.29, 0.717) is 35.4 Å². The van der Waals surface area contributed by atoms with Crippen molar-refractivity contribution in [1.82, 2.24) is 9.88 Å². The molecule has 1 fully saturated rings. The summed E-state index contributed by atoms with van der Waals surface area (Å²) in [7, 11) is 0. The first-order valence-corrected chi connectivity index (χ1v) is 15.7. The first-order chi connectivity index (χ1) is 21.5. The predicted molar refractivity (Wildman–Crippen MR) is 170 cm³/mol. The van der Waals surface area contributed by atoms with Gasteiger partial charge in [0.1, 0.15) is 29.4 Å². The van der Waals surface area contributed by atoms with Crippen LogP contribution < -0.4 is 21.3 Å². The Labute approximate surface area is 262 Å². The molecule has 0 aliphatic heterocycles. The molecule has 8 nitrogen and oxygen atoms in total. The number of halogens is 2. The molecule has 1 aliphatic rings. The molecular weight excluding hydrogens is 580 g/mol. The van der Waals surface area contributed by atoms with E-state index in [1.165, 1.54) is 6.07 Å². The standard InChI is InChI=1S/C35H43F2N3O5/c1-22(2)19-30(35(43)45-25-9-5-6-10-25)39-17-7-4-8-18-44-26-20-28(36)32(29(37)21-26)40-31(41)16-15-27(34(40)38)33(42)24-13-11-23(3)12-14-24/h11-16,20-22,25,30,39H,4-10,17-19,38H2,1-3H3/t30-/m0/s1. The van der Waals surface area contributed by atoms with Crippen molar-refractivity contribution in [2.24, 2.45) is 5.92 Å². The lowest BCUT2D eigenvalue weighted by molar-refractivity contribution is -0.151. The van der Waals surface area contributed by atoms with E-state index >= 15 is 8.78 Å². The smallest absolute Gasteiger partial charge is 0.323 e. The van der Waals surface area contributed by atoms with Crippen LogP contribution >= 0.6 is 0 Å². The number of hydrogen-bond donors (Lipinski definition) is 2. The Bertz CT molecular complexity index is 1510. The first-order valence-electron chi connectivity index (χ1n) is 15.7. The van der Waals surface area contributed by atoms with Crippen molar-refractivity contribution < 1.29 is 27.8 Å². The molecular formula is C35H43F2N3O5. The number of ketones is 1. The summed E-state index contributed by atoms with van der Waals surface area (Å²) >= 11 is 0. The van der Waals surface area contributed by atoms with E-state index in [9.17, 15) is 14.4 Å². The van der Waals surface area contributed by atoms with Crippen LogP contribution in [0, 0.1) is 24.5 Å². The zero-order chi connectivity index (χ0) is 32.5. The molecule has 0 amide bonds. The third-order valence-corrected chi connectivity index (χ3v) is 7.96. The number of benzene rings is 2. The lowest BCUT2D eigenvalue weighted by Crippen LogP contribution is -2.40. The Kier molecular flexibility index (Phi) is 11.9. The molecule has 0 saturated heterocycles. The third kappa shape index (κ3) is 9.00. The van der Waals surface area contributed by atoms with Crippen LogP contribution in [-0.2, 0) is 9.53 Å². The maximum atomic E-state index is 15.2. The van der Waals surface area contributed by atoms with Crippen LogP contribution in [-0.4, -0.2) is 41.6 Å². The molecule has 0 spiro atoms. The fourth-order valence-electron chi connectivity index (χ4n) is 5.53. The van der Waals surface area contributed by atoms with Gasteiger partial charge in [0.2, 0.25) is 0 Å². The molecule has 10 heteroatoms. The van der Waals surface area contributed by atoms with E-state index in [1.807, 2.05) is 6.92 Å². The molecule has 3 N–H and O–H groups in total. The van der Waals surface area contributed by atoms with E-state index in [2.05, 4.69) is 19.2 Å². The van der Waals surface area contributed by atoms with Crippen LogP contribution in [0.15, 0.2) is 53.3 Å². The highest BCUT2D eigenvalue weighted by molar-refractivity contribution is 6.11. The lowest BCUT2D eigenvalue weighted by atomic mass is 10.0. The number of nitrogens with two attached hydrogens (primary N) is 1. The Morgan fingerprint density at radius 1 is 1.00 bits per heavy atom. The number of aromatic nitrogens is 1. The SMILES string of the molecule is Cc1ccc(C(=O)c2ccc(=O)n(-c3c(F)cc(OCCCCCN[C@@H](CC(C)C)C(=O)OC4CCCC4)cc3F)c2N)cc1. The maximum Gasteiger partial charge on any atom is 0.323 e. The minimum absolute atomic E-state index is 0.0305. The Hall–Kier alpha value is -4.05. The van der Waals surface area contributed by atoms with Gasteiger partial charge in [-0.25, -0.2) is 8.78 Å². The van der Waals surface area contributed by atoms with E-state index < -0.39 is 28.7 Å². The fourth-order valence-corrected chi connectivity index (χ4v) is 5.53. The van der Waals surface area contributed by atoms with Crippen LogP contribution in [0.2, 0.25) is 0 Å². The Morgan fingerprint density at radius 2 is 1.67 bits per heavy atom. The van der Waals surface area contributed by atoms with Crippen molar-refractivity contribution in [3.63, 3.8) is 0 Å². The number of nitrogens with one attached hydrogen (secondary N) is 1. The Morgan fingerprint density at radius 3 is 2.31 bits per heavy atom. The predicted octanol–water partition coefficient (Wildman–Crippen LogP) is 6.28. The highest BCUT2D eigenvalue weighted by Gasteiger charge is 2.26. The van der Waals surface area contributed by atoms with Crippen LogP contribution in [0.1, 0.15) is 86.7 Å². The van der Waals surface area contributed by atoms with Crippen molar-refractivity contribution >= 4 is 17.6 Å². The van der Waals surface area contributed by atoms with Gasteiger partial charge >= 0.3 is 5.97 Å². The number of pyridine rings is 1. The van der Waals surface area contributed by atoms with Gasteiger partial charge in [0.25, 0.3) is 5.56 Å². The van der Waals surface area contributed by atoms with Gasteiger partial charge in [0, 0.05) is 23.8 Å². The number of anilines is 1. The van der Waals surface area contributed by atoms with Gasteiger partial charge in [-0.2, -0.15) is 0 Å². The molecule has 1 heterocycles. The molecule has 1 atom stereocenters. The zero-order valence-corrected chi connectivity index (χ0v) is 26.2. The number of hydrogen-bond acceptors (Lipinski definition) is 7. The summed E-state index contributed by atoms with van der Waals surface area (Å²) in [6.45, 7) is 6.88. The number of rotatable bonds is 15. The molecule has 4 rings (SSSR count). The number of nitrogens with zero attached hydrogens (tertiary/aromatic N) is 1. The molecule has 1 saturated carbocycles. The van der Waals surface area contributed by atoms with Gasteiger partial charge in [-0.05, 0) is 76.8 Å². The average Bonchev–Trinajstić information content (AvgIpc) is 3.50. The van der Waals surface area contributed by atoms with Crippen molar-refractivity contribution in [3.05, 3.63) is 87.2 Å². The Balaban J connectivity index is 1.31. The van der Waals surface area contributed by atoms with Crippen LogP contribution in [0.4, 0.5) is 14.6 Å². The molecule has 0 unspecified atom stereocenters. The van der Waals surface area contributed by atoms with Crippen LogP contribution in [0.3, 0.4) is 0 Å².